The molecule has 1 saturated heterocycles. The van der Waals surface area contributed by atoms with E-state index in [9.17, 15) is 9.59 Å². The summed E-state index contributed by atoms with van der Waals surface area (Å²) in [5.74, 6) is -0.253. The van der Waals surface area contributed by atoms with Crippen LogP contribution in [0.5, 0.6) is 0 Å². The van der Waals surface area contributed by atoms with Crippen LogP contribution in [-0.4, -0.2) is 66.6 Å². The Labute approximate surface area is 151 Å². The van der Waals surface area contributed by atoms with Crippen LogP contribution in [0.2, 0.25) is 0 Å². The van der Waals surface area contributed by atoms with Crippen LogP contribution in [0.15, 0.2) is 42.6 Å². The van der Waals surface area contributed by atoms with Crippen LogP contribution in [0.1, 0.15) is 16.1 Å². The molecule has 3 heterocycles. The van der Waals surface area contributed by atoms with Gasteiger partial charge in [0.05, 0.1) is 24.6 Å². The van der Waals surface area contributed by atoms with Gasteiger partial charge in [0.25, 0.3) is 0 Å². The Morgan fingerprint density at radius 3 is 2.85 bits per heavy atom. The number of aldehydes is 1. The third-order valence-corrected chi connectivity index (χ3v) is 4.32. The molecule has 26 heavy (non-hydrogen) atoms. The van der Waals surface area contributed by atoms with Crippen LogP contribution in [0.3, 0.4) is 0 Å². The average molecular weight is 354 g/mol. The normalized spacial score (nSPS) is 15.4. The minimum atomic E-state index is -0.253. The van der Waals surface area contributed by atoms with Crippen molar-refractivity contribution in [1.29, 1.82) is 5.41 Å². The number of aromatic nitrogens is 1. The number of ether oxygens (including phenoxy) is 1. The lowest BCUT2D eigenvalue weighted by molar-refractivity contribution is -0.116. The van der Waals surface area contributed by atoms with E-state index in [1.807, 2.05) is 18.2 Å². The molecule has 0 aromatic carbocycles. The second-order valence-corrected chi connectivity index (χ2v) is 6.05. The monoisotopic (exact) mass is 354 g/mol. The Hall–Kier alpha value is -2.77. The molecule has 136 valence electrons. The molecular weight excluding hydrogens is 332 g/mol. The van der Waals surface area contributed by atoms with Crippen molar-refractivity contribution in [3.8, 4) is 0 Å². The van der Waals surface area contributed by atoms with Gasteiger partial charge in [-0.25, -0.2) is 0 Å². The highest BCUT2D eigenvalue weighted by Crippen LogP contribution is 2.16. The highest BCUT2D eigenvalue weighted by molar-refractivity contribution is 6.12. The Bertz CT molecular complexity index is 834. The molecule has 3 rings (SSSR count). The zero-order valence-corrected chi connectivity index (χ0v) is 14.5. The second-order valence-electron chi connectivity index (χ2n) is 6.05. The highest BCUT2D eigenvalue weighted by Gasteiger charge is 2.13. The quantitative estimate of drug-likeness (QED) is 0.443. The van der Waals surface area contributed by atoms with Crippen LogP contribution in [0, 0.1) is 5.41 Å². The largest absolute Gasteiger partial charge is 0.379 e. The maximum Gasteiger partial charge on any atom is 0.244 e. The number of amides is 1. The van der Waals surface area contributed by atoms with Crippen molar-refractivity contribution in [2.24, 2.45) is 0 Å². The fraction of sp³-hybridized carbons (Fsp3) is 0.316. The van der Waals surface area contributed by atoms with Crippen LogP contribution >= 0.6 is 0 Å². The number of carbonyl (C=O) groups excluding carboxylic acids is 2. The number of nitrogens with one attached hydrogen (secondary N) is 2. The number of morpholine rings is 1. The summed E-state index contributed by atoms with van der Waals surface area (Å²) in [5, 5.41) is 11.0. The number of hydrogen-bond acceptors (Lipinski definition) is 5. The van der Waals surface area contributed by atoms with E-state index in [4.69, 9.17) is 10.1 Å². The number of carbonyl (C=O) groups is 2. The van der Waals surface area contributed by atoms with Gasteiger partial charge in [0.15, 0.2) is 6.29 Å². The molecule has 7 heteroatoms. The summed E-state index contributed by atoms with van der Waals surface area (Å²) in [6.07, 6.45) is 5.28. The third kappa shape index (κ3) is 4.25. The topological polar surface area (TPSA) is 86.9 Å². The summed E-state index contributed by atoms with van der Waals surface area (Å²) in [7, 11) is 0. The van der Waals surface area contributed by atoms with E-state index in [-0.39, 0.29) is 11.6 Å². The molecule has 1 amide bonds. The maximum absolute atomic E-state index is 12.0. The fourth-order valence-corrected chi connectivity index (χ4v) is 2.98. The van der Waals surface area contributed by atoms with Crippen molar-refractivity contribution in [3.05, 3.63) is 53.9 Å². The van der Waals surface area contributed by atoms with Gasteiger partial charge >= 0.3 is 0 Å². The first kappa shape index (κ1) is 18.0. The number of nitrogens with zero attached hydrogens (tertiary/aromatic N) is 2. The van der Waals surface area contributed by atoms with Gasteiger partial charge in [-0.3, -0.25) is 19.9 Å². The zero-order chi connectivity index (χ0) is 18.4. The smallest absolute Gasteiger partial charge is 0.244 e. The summed E-state index contributed by atoms with van der Waals surface area (Å²) >= 11 is 0. The van der Waals surface area contributed by atoms with Gasteiger partial charge in [-0.2, -0.15) is 0 Å². The van der Waals surface area contributed by atoms with Gasteiger partial charge in [0, 0.05) is 49.5 Å². The highest BCUT2D eigenvalue weighted by atomic mass is 16.5. The lowest BCUT2D eigenvalue weighted by Crippen LogP contribution is -2.41. The first-order valence-electron chi connectivity index (χ1n) is 8.59. The van der Waals surface area contributed by atoms with Crippen molar-refractivity contribution in [1.82, 2.24) is 14.6 Å². The molecule has 0 unspecified atom stereocenters. The molecule has 0 spiro atoms. The SMILES string of the molecule is N=C(/C=C\C(=O)NCCN1CCOCC1)c1c(C=O)cc2ccccn12. The third-order valence-electron chi connectivity index (χ3n) is 4.32. The van der Waals surface area contributed by atoms with Crippen LogP contribution in [-0.2, 0) is 9.53 Å². The molecule has 2 aromatic rings. The van der Waals surface area contributed by atoms with Crippen molar-refractivity contribution < 1.29 is 14.3 Å². The lowest BCUT2D eigenvalue weighted by atomic mass is 10.1. The summed E-state index contributed by atoms with van der Waals surface area (Å²) < 4.78 is 7.06. The number of fused-ring (bicyclic) bond motifs is 1. The number of hydrogen-bond donors (Lipinski definition) is 2. The lowest BCUT2D eigenvalue weighted by Gasteiger charge is -2.26. The van der Waals surface area contributed by atoms with Crippen LogP contribution in [0.4, 0.5) is 0 Å². The molecule has 0 aliphatic carbocycles. The Morgan fingerprint density at radius 2 is 2.08 bits per heavy atom. The summed E-state index contributed by atoms with van der Waals surface area (Å²) in [6, 6.07) is 7.30. The Balaban J connectivity index is 1.58. The van der Waals surface area contributed by atoms with Gasteiger partial charge in [-0.1, -0.05) is 6.07 Å². The van der Waals surface area contributed by atoms with Gasteiger partial charge in [0.2, 0.25) is 5.91 Å². The van der Waals surface area contributed by atoms with E-state index in [2.05, 4.69) is 10.2 Å². The molecule has 2 aromatic heterocycles. The number of rotatable bonds is 7. The standard InChI is InChI=1S/C19H22N4O3/c20-17(19-15(14-24)13-16-3-1-2-7-23(16)19)4-5-18(25)21-6-8-22-9-11-26-12-10-22/h1-5,7,13-14,20H,6,8-12H2,(H,21,25)/b5-4-,20-17?. The van der Waals surface area contributed by atoms with Crippen molar-refractivity contribution in [2.45, 2.75) is 0 Å². The van der Waals surface area contributed by atoms with E-state index in [1.54, 1.807) is 16.7 Å². The Kier molecular flexibility index (Phi) is 5.93. The van der Waals surface area contributed by atoms with Gasteiger partial charge < -0.3 is 14.5 Å². The van der Waals surface area contributed by atoms with Crippen LogP contribution < -0.4 is 5.32 Å². The van der Waals surface area contributed by atoms with E-state index in [0.29, 0.717) is 17.8 Å². The summed E-state index contributed by atoms with van der Waals surface area (Å²) in [5.41, 5.74) is 1.85. The second kappa shape index (κ2) is 8.55. The van der Waals surface area contributed by atoms with Gasteiger partial charge in [-0.05, 0) is 24.3 Å². The number of allylic oxidation sites excluding steroid dienone is 1. The maximum atomic E-state index is 12.0. The zero-order valence-electron chi connectivity index (χ0n) is 14.5. The molecule has 1 fully saturated rings. The fourth-order valence-electron chi connectivity index (χ4n) is 2.98. The summed E-state index contributed by atoms with van der Waals surface area (Å²) in [4.78, 5) is 25.5. The molecule has 2 N–H and O–H groups in total. The number of pyridine rings is 1. The molecular formula is C19H22N4O3. The van der Waals surface area contributed by atoms with E-state index in [1.165, 1.54) is 12.2 Å². The van der Waals surface area contributed by atoms with Crippen molar-refractivity contribution >= 4 is 23.4 Å². The minimum Gasteiger partial charge on any atom is -0.379 e. The van der Waals surface area contributed by atoms with Gasteiger partial charge in [0.1, 0.15) is 0 Å². The minimum absolute atomic E-state index is 0.113. The molecule has 1 aliphatic heterocycles. The van der Waals surface area contributed by atoms with Gasteiger partial charge in [-0.15, -0.1) is 0 Å². The average Bonchev–Trinajstić information content (AvgIpc) is 3.05. The predicted octanol–water partition coefficient (Wildman–Crippen LogP) is 1.12. The summed E-state index contributed by atoms with van der Waals surface area (Å²) in [6.45, 7) is 4.55. The molecule has 7 nitrogen and oxygen atoms in total. The van der Waals surface area contributed by atoms with E-state index >= 15 is 0 Å². The molecule has 0 saturated carbocycles. The van der Waals surface area contributed by atoms with E-state index < -0.39 is 0 Å². The van der Waals surface area contributed by atoms with Crippen molar-refractivity contribution in [2.75, 3.05) is 39.4 Å². The molecule has 1 aliphatic rings. The first-order chi connectivity index (χ1) is 12.7. The van der Waals surface area contributed by atoms with E-state index in [0.717, 1.165) is 44.7 Å². The molecule has 0 atom stereocenters. The predicted molar refractivity (Wildman–Crippen MR) is 99.0 cm³/mol. The Morgan fingerprint density at radius 1 is 1.27 bits per heavy atom. The first-order valence-corrected chi connectivity index (χ1v) is 8.59. The van der Waals surface area contributed by atoms with Crippen LogP contribution in [0.25, 0.3) is 5.52 Å². The molecule has 0 radical (unpaired) electrons. The molecule has 0 bridgehead atoms. The van der Waals surface area contributed by atoms with Crippen molar-refractivity contribution in [3.63, 3.8) is 0 Å².